The lowest BCUT2D eigenvalue weighted by Gasteiger charge is -2.38. The predicted molar refractivity (Wildman–Crippen MR) is 102 cm³/mol. The molecular formula is C20H27N3O5. The maximum atomic E-state index is 13.0. The average Bonchev–Trinajstić information content (AvgIpc) is 2.72. The Kier molecular flexibility index (Phi) is 6.51. The van der Waals surface area contributed by atoms with Gasteiger partial charge >= 0.3 is 12.1 Å². The molecule has 1 aromatic carbocycles. The van der Waals surface area contributed by atoms with Gasteiger partial charge in [0.2, 0.25) is 5.91 Å². The van der Waals surface area contributed by atoms with Gasteiger partial charge in [-0.15, -0.1) is 0 Å². The molecule has 3 rings (SSSR count). The van der Waals surface area contributed by atoms with E-state index in [-0.39, 0.29) is 18.5 Å². The van der Waals surface area contributed by atoms with Crippen LogP contribution in [0.5, 0.6) is 0 Å². The van der Waals surface area contributed by atoms with Gasteiger partial charge in [-0.05, 0) is 18.1 Å². The van der Waals surface area contributed by atoms with Crippen LogP contribution < -0.4 is 0 Å². The van der Waals surface area contributed by atoms with E-state index in [0.29, 0.717) is 45.8 Å². The van der Waals surface area contributed by atoms with Crippen LogP contribution in [-0.4, -0.2) is 85.2 Å². The normalized spacial score (nSPS) is 19.7. The summed E-state index contributed by atoms with van der Waals surface area (Å²) >= 11 is 0. The molecule has 0 spiro atoms. The highest BCUT2D eigenvalue weighted by Gasteiger charge is 2.36. The Hall–Kier alpha value is -2.61. The number of nitrogens with zero attached hydrogens (tertiary/aromatic N) is 3. The zero-order chi connectivity index (χ0) is 20.1. The molecule has 2 aliphatic rings. The van der Waals surface area contributed by atoms with E-state index in [1.54, 1.807) is 16.7 Å². The van der Waals surface area contributed by atoms with Crippen LogP contribution in [0.4, 0.5) is 4.79 Å². The summed E-state index contributed by atoms with van der Waals surface area (Å²) in [6, 6.07) is 7.25. The second-order valence-corrected chi connectivity index (χ2v) is 7.00. The van der Waals surface area contributed by atoms with E-state index in [9.17, 15) is 14.4 Å². The number of hydrogen-bond acceptors (Lipinski definition) is 6. The number of fused-ring (bicyclic) bond motifs is 1. The number of amides is 2. The summed E-state index contributed by atoms with van der Waals surface area (Å²) in [5.41, 5.74) is 2.13. The molecule has 2 heterocycles. The Labute approximate surface area is 165 Å². The molecule has 0 radical (unpaired) electrons. The number of ether oxygens (including phenoxy) is 2. The maximum Gasteiger partial charge on any atom is 0.409 e. The van der Waals surface area contributed by atoms with Crippen LogP contribution in [0.15, 0.2) is 24.3 Å². The first-order valence-corrected chi connectivity index (χ1v) is 9.61. The van der Waals surface area contributed by atoms with E-state index in [4.69, 9.17) is 9.47 Å². The number of esters is 1. The zero-order valence-corrected chi connectivity index (χ0v) is 16.4. The molecule has 0 N–H and O–H groups in total. The first kappa shape index (κ1) is 20.1. The fourth-order valence-corrected chi connectivity index (χ4v) is 3.72. The summed E-state index contributed by atoms with van der Waals surface area (Å²) in [5, 5.41) is 0. The number of hydrogen-bond donors (Lipinski definition) is 0. The standard InChI is InChI=1S/C20H27N3O5/c1-3-28-20(26)22-10-8-21(9-11-22)14-18(24)23-13-16-7-5-4-6-15(16)12-17(23)19(25)27-2/h4-7,17H,3,8-14H2,1-2H3/t17-/m0/s1. The zero-order valence-electron chi connectivity index (χ0n) is 16.4. The Bertz CT molecular complexity index is 730. The highest BCUT2D eigenvalue weighted by Crippen LogP contribution is 2.24. The Morgan fingerprint density at radius 3 is 2.39 bits per heavy atom. The largest absolute Gasteiger partial charge is 0.467 e. The average molecular weight is 389 g/mol. The number of piperazine rings is 1. The molecule has 2 amide bonds. The molecule has 1 fully saturated rings. The summed E-state index contributed by atoms with van der Waals surface area (Å²) in [5.74, 6) is -0.496. The van der Waals surface area contributed by atoms with Gasteiger partial charge in [0, 0.05) is 39.1 Å². The fourth-order valence-electron chi connectivity index (χ4n) is 3.72. The summed E-state index contributed by atoms with van der Waals surface area (Å²) in [6.45, 7) is 4.98. The number of carbonyl (C=O) groups is 3. The summed E-state index contributed by atoms with van der Waals surface area (Å²) in [6.07, 6.45) is 0.150. The predicted octanol–water partition coefficient (Wildman–Crippen LogP) is 0.887. The second-order valence-electron chi connectivity index (χ2n) is 7.00. The van der Waals surface area contributed by atoms with E-state index in [1.165, 1.54) is 7.11 Å². The van der Waals surface area contributed by atoms with E-state index in [2.05, 4.69) is 0 Å². The number of rotatable bonds is 4. The van der Waals surface area contributed by atoms with E-state index < -0.39 is 12.0 Å². The monoisotopic (exact) mass is 389 g/mol. The van der Waals surface area contributed by atoms with Crippen molar-refractivity contribution < 1.29 is 23.9 Å². The van der Waals surface area contributed by atoms with Crippen molar-refractivity contribution in [3.8, 4) is 0 Å². The third-order valence-corrected chi connectivity index (χ3v) is 5.30. The first-order chi connectivity index (χ1) is 13.5. The second kappa shape index (κ2) is 9.05. The van der Waals surface area contributed by atoms with Crippen LogP contribution in [-0.2, 0) is 32.0 Å². The third-order valence-electron chi connectivity index (χ3n) is 5.30. The quantitative estimate of drug-likeness (QED) is 0.712. The van der Waals surface area contributed by atoms with Crippen LogP contribution in [0, 0.1) is 0 Å². The molecule has 2 aliphatic heterocycles. The van der Waals surface area contributed by atoms with Gasteiger partial charge in [-0.1, -0.05) is 24.3 Å². The molecule has 28 heavy (non-hydrogen) atoms. The van der Waals surface area contributed by atoms with Crippen molar-refractivity contribution in [2.45, 2.75) is 25.9 Å². The molecule has 0 aliphatic carbocycles. The van der Waals surface area contributed by atoms with Gasteiger partial charge in [0.15, 0.2) is 0 Å². The third kappa shape index (κ3) is 4.44. The Morgan fingerprint density at radius 2 is 1.75 bits per heavy atom. The highest BCUT2D eigenvalue weighted by atomic mass is 16.6. The van der Waals surface area contributed by atoms with Gasteiger partial charge in [0.25, 0.3) is 0 Å². The number of methoxy groups -OCH3 is 1. The van der Waals surface area contributed by atoms with Gasteiger partial charge in [0.05, 0.1) is 20.3 Å². The minimum Gasteiger partial charge on any atom is -0.467 e. The molecule has 8 nitrogen and oxygen atoms in total. The van der Waals surface area contributed by atoms with Gasteiger partial charge in [-0.2, -0.15) is 0 Å². The molecule has 0 saturated carbocycles. The van der Waals surface area contributed by atoms with E-state index in [0.717, 1.165) is 11.1 Å². The van der Waals surface area contributed by atoms with Gasteiger partial charge in [-0.25, -0.2) is 9.59 Å². The minimum atomic E-state index is -0.603. The van der Waals surface area contributed by atoms with Crippen molar-refractivity contribution in [1.29, 1.82) is 0 Å². The number of carbonyl (C=O) groups excluding carboxylic acids is 3. The SMILES string of the molecule is CCOC(=O)N1CCN(CC(=O)N2Cc3ccccc3C[C@H]2C(=O)OC)CC1. The lowest BCUT2D eigenvalue weighted by Crippen LogP contribution is -2.55. The van der Waals surface area contributed by atoms with Crippen LogP contribution in [0.25, 0.3) is 0 Å². The van der Waals surface area contributed by atoms with Crippen molar-refractivity contribution in [3.63, 3.8) is 0 Å². The Morgan fingerprint density at radius 1 is 1.07 bits per heavy atom. The van der Waals surface area contributed by atoms with Crippen LogP contribution >= 0.6 is 0 Å². The topological polar surface area (TPSA) is 79.4 Å². The highest BCUT2D eigenvalue weighted by molar-refractivity contribution is 5.86. The van der Waals surface area contributed by atoms with E-state index >= 15 is 0 Å². The molecule has 0 aromatic heterocycles. The van der Waals surface area contributed by atoms with Crippen LogP contribution in [0.3, 0.4) is 0 Å². The van der Waals surface area contributed by atoms with Crippen molar-refractivity contribution in [3.05, 3.63) is 35.4 Å². The van der Waals surface area contributed by atoms with Crippen molar-refractivity contribution in [2.75, 3.05) is 46.4 Å². The molecular weight excluding hydrogens is 362 g/mol. The van der Waals surface area contributed by atoms with Crippen molar-refractivity contribution in [2.24, 2.45) is 0 Å². The van der Waals surface area contributed by atoms with E-state index in [1.807, 2.05) is 29.2 Å². The van der Waals surface area contributed by atoms with Crippen LogP contribution in [0.1, 0.15) is 18.1 Å². The first-order valence-electron chi connectivity index (χ1n) is 9.61. The van der Waals surface area contributed by atoms with Crippen molar-refractivity contribution >= 4 is 18.0 Å². The molecule has 1 aromatic rings. The van der Waals surface area contributed by atoms with Crippen molar-refractivity contribution in [1.82, 2.24) is 14.7 Å². The van der Waals surface area contributed by atoms with Gasteiger partial charge < -0.3 is 19.3 Å². The minimum absolute atomic E-state index is 0.102. The molecule has 152 valence electrons. The summed E-state index contributed by atoms with van der Waals surface area (Å²) in [4.78, 5) is 42.3. The lowest BCUT2D eigenvalue weighted by molar-refractivity contribution is -0.154. The van der Waals surface area contributed by atoms with Crippen LogP contribution in [0.2, 0.25) is 0 Å². The fraction of sp³-hybridized carbons (Fsp3) is 0.550. The number of benzene rings is 1. The maximum absolute atomic E-state index is 13.0. The molecule has 1 atom stereocenters. The summed E-state index contributed by atoms with van der Waals surface area (Å²) in [7, 11) is 1.35. The molecule has 0 bridgehead atoms. The van der Waals surface area contributed by atoms with Gasteiger partial charge in [0.1, 0.15) is 6.04 Å². The smallest absolute Gasteiger partial charge is 0.409 e. The van der Waals surface area contributed by atoms with Gasteiger partial charge in [-0.3, -0.25) is 9.69 Å². The summed E-state index contributed by atoms with van der Waals surface area (Å²) < 4.78 is 9.95. The Balaban J connectivity index is 1.63. The molecule has 8 heteroatoms. The lowest BCUT2D eigenvalue weighted by atomic mass is 9.94. The molecule has 0 unspecified atom stereocenters. The molecule has 1 saturated heterocycles.